The van der Waals surface area contributed by atoms with Crippen molar-refractivity contribution in [2.75, 3.05) is 11.4 Å². The highest BCUT2D eigenvalue weighted by Gasteiger charge is 2.36. The van der Waals surface area contributed by atoms with Crippen LogP contribution in [-0.2, 0) is 11.2 Å². The van der Waals surface area contributed by atoms with Gasteiger partial charge in [0.05, 0.1) is 16.3 Å². The van der Waals surface area contributed by atoms with Gasteiger partial charge in [-0.15, -0.1) is 0 Å². The average molecular weight is 528 g/mol. The van der Waals surface area contributed by atoms with E-state index in [0.717, 1.165) is 30.5 Å². The fourth-order valence-electron chi connectivity index (χ4n) is 3.70. The van der Waals surface area contributed by atoms with E-state index in [0.29, 0.717) is 38.9 Å². The number of nitrogens with zero attached hydrogens (tertiary/aromatic N) is 3. The second kappa shape index (κ2) is 7.58. The second-order valence-corrected chi connectivity index (χ2v) is 9.95. The van der Waals surface area contributed by atoms with Crippen molar-refractivity contribution in [3.8, 4) is 0 Å². The molecule has 1 saturated carbocycles. The van der Waals surface area contributed by atoms with Crippen molar-refractivity contribution in [3.63, 3.8) is 0 Å². The number of rotatable bonds is 2. The van der Waals surface area contributed by atoms with Crippen molar-refractivity contribution in [3.05, 3.63) is 43.7 Å². The van der Waals surface area contributed by atoms with Crippen LogP contribution in [0.2, 0.25) is 5.02 Å². The molecule has 29 heavy (non-hydrogen) atoms. The standard InChI is InChI=1S/C21H23ClIN3O3/c1-21(2,3)29-20(28)25-11-5-8-15-17(25)18(23)24-26(15)19(27)16-13(12-9-10-12)6-4-7-14(16)22/h4,6-7,12H,5,8-11H2,1-3H3. The third kappa shape index (κ3) is 4.03. The molecule has 0 saturated heterocycles. The number of aromatic nitrogens is 2. The van der Waals surface area contributed by atoms with Crippen LogP contribution in [0.5, 0.6) is 0 Å². The Morgan fingerprint density at radius 1 is 1.28 bits per heavy atom. The minimum absolute atomic E-state index is 0.234. The summed E-state index contributed by atoms with van der Waals surface area (Å²) in [5, 5.41) is 4.95. The number of anilines is 1. The Balaban J connectivity index is 1.74. The van der Waals surface area contributed by atoms with E-state index in [9.17, 15) is 9.59 Å². The van der Waals surface area contributed by atoms with Gasteiger partial charge in [0.15, 0.2) is 0 Å². The van der Waals surface area contributed by atoms with Gasteiger partial charge in [0.25, 0.3) is 5.91 Å². The lowest BCUT2D eigenvalue weighted by molar-refractivity contribution is 0.0576. The average Bonchev–Trinajstić information content (AvgIpc) is 3.43. The molecule has 0 radical (unpaired) electrons. The van der Waals surface area contributed by atoms with Gasteiger partial charge in [-0.1, -0.05) is 23.7 Å². The van der Waals surface area contributed by atoms with Gasteiger partial charge in [0.2, 0.25) is 0 Å². The van der Waals surface area contributed by atoms with Gasteiger partial charge in [0.1, 0.15) is 15.0 Å². The molecule has 154 valence electrons. The molecule has 1 aromatic carbocycles. The summed E-state index contributed by atoms with van der Waals surface area (Å²) in [6.45, 7) is 6.05. The van der Waals surface area contributed by atoms with Crippen LogP contribution in [0.1, 0.15) is 67.6 Å². The van der Waals surface area contributed by atoms with E-state index >= 15 is 0 Å². The maximum absolute atomic E-state index is 13.5. The molecule has 2 aliphatic rings. The van der Waals surface area contributed by atoms with Gasteiger partial charge in [-0.25, -0.2) is 4.79 Å². The fraction of sp³-hybridized carbons (Fsp3) is 0.476. The van der Waals surface area contributed by atoms with Crippen molar-refractivity contribution in [2.24, 2.45) is 0 Å². The van der Waals surface area contributed by atoms with E-state index in [-0.39, 0.29) is 5.91 Å². The van der Waals surface area contributed by atoms with E-state index in [2.05, 4.69) is 27.7 Å². The lowest BCUT2D eigenvalue weighted by Crippen LogP contribution is -2.40. The number of halogens is 2. The van der Waals surface area contributed by atoms with Crippen LogP contribution in [0, 0.1) is 3.70 Å². The summed E-state index contributed by atoms with van der Waals surface area (Å²) in [6, 6.07) is 5.61. The quantitative estimate of drug-likeness (QED) is 0.491. The Bertz CT molecular complexity index is 992. The Kier molecular flexibility index (Phi) is 5.40. The summed E-state index contributed by atoms with van der Waals surface area (Å²) in [5.41, 5.74) is 2.31. The van der Waals surface area contributed by atoms with Crippen LogP contribution in [0.4, 0.5) is 10.5 Å². The molecule has 0 spiro atoms. The molecule has 0 unspecified atom stereocenters. The Hall–Kier alpha value is -1.61. The first-order valence-electron chi connectivity index (χ1n) is 9.78. The van der Waals surface area contributed by atoms with Gasteiger partial charge in [-0.2, -0.15) is 9.78 Å². The molecule has 1 aliphatic carbocycles. The minimum atomic E-state index is -0.595. The van der Waals surface area contributed by atoms with E-state index in [1.54, 1.807) is 11.0 Å². The topological polar surface area (TPSA) is 64.4 Å². The number of benzene rings is 1. The zero-order chi connectivity index (χ0) is 20.9. The molecule has 2 heterocycles. The second-order valence-electron chi connectivity index (χ2n) is 8.52. The highest BCUT2D eigenvalue weighted by atomic mass is 127. The SMILES string of the molecule is CC(C)(C)OC(=O)N1CCCc2c1c(I)nn2C(=O)c1c(Cl)cccc1C1CC1. The van der Waals surface area contributed by atoms with Crippen molar-refractivity contribution < 1.29 is 14.3 Å². The van der Waals surface area contributed by atoms with Gasteiger partial charge >= 0.3 is 6.09 Å². The maximum atomic E-state index is 13.5. The number of carbonyl (C=O) groups is 2. The van der Waals surface area contributed by atoms with E-state index < -0.39 is 11.7 Å². The predicted octanol–water partition coefficient (Wildman–Crippen LogP) is 5.39. The van der Waals surface area contributed by atoms with Gasteiger partial charge in [0, 0.05) is 6.54 Å². The van der Waals surface area contributed by atoms with E-state index in [1.807, 2.05) is 32.9 Å². The van der Waals surface area contributed by atoms with Crippen molar-refractivity contribution >= 4 is 51.9 Å². The van der Waals surface area contributed by atoms with Crippen LogP contribution >= 0.6 is 34.2 Å². The Labute approximate surface area is 188 Å². The molecule has 1 aliphatic heterocycles. The lowest BCUT2D eigenvalue weighted by atomic mass is 10.0. The predicted molar refractivity (Wildman–Crippen MR) is 120 cm³/mol. The van der Waals surface area contributed by atoms with Crippen LogP contribution in [0.25, 0.3) is 0 Å². The molecule has 8 heteroatoms. The molecule has 6 nitrogen and oxygen atoms in total. The first-order valence-corrected chi connectivity index (χ1v) is 11.2. The largest absolute Gasteiger partial charge is 0.443 e. The summed E-state index contributed by atoms with van der Waals surface area (Å²) in [4.78, 5) is 27.8. The normalized spacial score (nSPS) is 16.5. The summed E-state index contributed by atoms with van der Waals surface area (Å²) in [7, 11) is 0. The number of hydrogen-bond acceptors (Lipinski definition) is 4. The minimum Gasteiger partial charge on any atom is -0.443 e. The first-order chi connectivity index (χ1) is 13.7. The monoisotopic (exact) mass is 527 g/mol. The lowest BCUT2D eigenvalue weighted by Gasteiger charge is -2.30. The summed E-state index contributed by atoms with van der Waals surface area (Å²) in [6.07, 6.45) is 3.13. The molecular weight excluding hydrogens is 505 g/mol. The summed E-state index contributed by atoms with van der Waals surface area (Å²) in [5.74, 6) is 0.152. The Morgan fingerprint density at radius 2 is 2.00 bits per heavy atom. The number of ether oxygens (including phenoxy) is 1. The molecule has 1 aromatic heterocycles. The fourth-order valence-corrected chi connectivity index (χ4v) is 4.78. The number of amides is 1. The molecular formula is C21H23ClIN3O3. The Morgan fingerprint density at radius 3 is 2.66 bits per heavy atom. The van der Waals surface area contributed by atoms with Crippen LogP contribution in [0.15, 0.2) is 18.2 Å². The van der Waals surface area contributed by atoms with Crippen LogP contribution < -0.4 is 4.90 Å². The van der Waals surface area contributed by atoms with Crippen LogP contribution in [0.3, 0.4) is 0 Å². The van der Waals surface area contributed by atoms with E-state index in [1.165, 1.54) is 4.68 Å². The molecule has 0 bridgehead atoms. The van der Waals surface area contributed by atoms with Gasteiger partial charge in [-0.05, 0) is 86.6 Å². The zero-order valence-electron chi connectivity index (χ0n) is 16.7. The van der Waals surface area contributed by atoms with Gasteiger partial charge < -0.3 is 4.74 Å². The van der Waals surface area contributed by atoms with Crippen molar-refractivity contribution in [1.29, 1.82) is 0 Å². The molecule has 2 aromatic rings. The van der Waals surface area contributed by atoms with Gasteiger partial charge in [-0.3, -0.25) is 9.69 Å². The third-order valence-corrected chi connectivity index (χ3v) is 6.10. The zero-order valence-corrected chi connectivity index (χ0v) is 19.6. The molecule has 4 rings (SSSR count). The third-order valence-electron chi connectivity index (χ3n) is 5.06. The molecule has 1 amide bonds. The number of fused-ring (bicyclic) bond motifs is 1. The summed E-state index contributed by atoms with van der Waals surface area (Å²) >= 11 is 8.52. The smallest absolute Gasteiger partial charge is 0.414 e. The highest BCUT2D eigenvalue weighted by Crippen LogP contribution is 2.43. The first kappa shape index (κ1) is 20.7. The summed E-state index contributed by atoms with van der Waals surface area (Å²) < 4.78 is 7.60. The van der Waals surface area contributed by atoms with E-state index in [4.69, 9.17) is 16.3 Å². The maximum Gasteiger partial charge on any atom is 0.414 e. The molecule has 0 N–H and O–H groups in total. The molecule has 0 atom stereocenters. The number of carbonyl (C=O) groups excluding carboxylic acids is 2. The highest BCUT2D eigenvalue weighted by molar-refractivity contribution is 14.1. The van der Waals surface area contributed by atoms with Crippen LogP contribution in [-0.4, -0.2) is 33.9 Å². The van der Waals surface area contributed by atoms with Crippen molar-refractivity contribution in [1.82, 2.24) is 9.78 Å². The number of hydrogen-bond donors (Lipinski definition) is 0. The van der Waals surface area contributed by atoms with Crippen molar-refractivity contribution in [2.45, 2.75) is 58.0 Å². The molecule has 1 fully saturated rings.